The fourth-order valence-corrected chi connectivity index (χ4v) is 9.55. The molecule has 12 rings (SSSR count). The summed E-state index contributed by atoms with van der Waals surface area (Å²) < 4.78 is 8.93. The Morgan fingerprint density at radius 3 is 1.59 bits per heavy atom. The van der Waals surface area contributed by atoms with E-state index in [2.05, 4.69) is 240 Å². The van der Waals surface area contributed by atoms with Crippen LogP contribution in [0.2, 0.25) is 0 Å². The van der Waals surface area contributed by atoms with Crippen molar-refractivity contribution in [2.24, 2.45) is 0 Å². The van der Waals surface area contributed by atoms with E-state index in [0.29, 0.717) is 0 Å². The molecule has 0 saturated heterocycles. The maximum Gasteiger partial charge on any atom is 0.137 e. The second-order valence-corrected chi connectivity index (χ2v) is 16.1. The minimum atomic E-state index is 0.850. The number of para-hydroxylation sites is 3. The number of benzene rings is 10. The molecule has 0 aliphatic carbocycles. The smallest absolute Gasteiger partial charge is 0.137 e. The van der Waals surface area contributed by atoms with Crippen molar-refractivity contribution in [2.45, 2.75) is 0 Å². The highest BCUT2D eigenvalue weighted by Crippen LogP contribution is 2.49. The average molecular weight is 805 g/mol. The van der Waals surface area contributed by atoms with Gasteiger partial charge in [-0.1, -0.05) is 176 Å². The van der Waals surface area contributed by atoms with Gasteiger partial charge in [0.15, 0.2) is 0 Å². The summed E-state index contributed by atoms with van der Waals surface area (Å²) in [5.41, 5.74) is 17.6. The molecule has 12 aromatic rings. The first kappa shape index (κ1) is 36.5. The number of nitrogens with zero attached hydrogens (tertiary/aromatic N) is 2. The van der Waals surface area contributed by atoms with Gasteiger partial charge in [0.2, 0.25) is 0 Å². The number of fused-ring (bicyclic) bond motifs is 6. The van der Waals surface area contributed by atoms with E-state index in [4.69, 9.17) is 4.42 Å². The molecule has 0 aliphatic heterocycles. The number of anilines is 3. The molecule has 0 fully saturated rings. The number of aromatic nitrogens is 1. The lowest BCUT2D eigenvalue weighted by Gasteiger charge is -2.30. The third-order valence-electron chi connectivity index (χ3n) is 12.4. The molecular weight excluding hydrogens is 765 g/mol. The first-order valence-corrected chi connectivity index (χ1v) is 21.5. The minimum Gasteiger partial charge on any atom is -0.456 e. The van der Waals surface area contributed by atoms with E-state index in [-0.39, 0.29) is 0 Å². The van der Waals surface area contributed by atoms with E-state index in [9.17, 15) is 0 Å². The van der Waals surface area contributed by atoms with Crippen molar-refractivity contribution in [1.82, 2.24) is 4.57 Å². The van der Waals surface area contributed by atoms with E-state index in [1.165, 1.54) is 32.9 Å². The van der Waals surface area contributed by atoms with Gasteiger partial charge in [0.1, 0.15) is 11.2 Å². The predicted octanol–water partition coefficient (Wildman–Crippen LogP) is 16.8. The normalized spacial score (nSPS) is 11.5. The van der Waals surface area contributed by atoms with Crippen molar-refractivity contribution in [3.63, 3.8) is 0 Å². The van der Waals surface area contributed by atoms with Crippen molar-refractivity contribution in [3.05, 3.63) is 243 Å². The van der Waals surface area contributed by atoms with Gasteiger partial charge in [-0.05, 0) is 99.6 Å². The van der Waals surface area contributed by atoms with Crippen LogP contribution in [0.3, 0.4) is 0 Å². The summed E-state index contributed by atoms with van der Waals surface area (Å²) in [7, 11) is 0. The highest BCUT2D eigenvalue weighted by atomic mass is 16.3. The molecule has 0 N–H and O–H groups in total. The van der Waals surface area contributed by atoms with Crippen LogP contribution in [0.1, 0.15) is 0 Å². The van der Waals surface area contributed by atoms with Gasteiger partial charge in [0.05, 0.1) is 16.7 Å². The maximum atomic E-state index is 6.54. The number of hydrogen-bond donors (Lipinski definition) is 0. The zero-order valence-corrected chi connectivity index (χ0v) is 34.4. The molecule has 2 heterocycles. The Morgan fingerprint density at radius 1 is 0.317 bits per heavy atom. The first-order valence-electron chi connectivity index (χ1n) is 21.5. The number of hydrogen-bond acceptors (Lipinski definition) is 2. The maximum absolute atomic E-state index is 6.54. The third-order valence-corrected chi connectivity index (χ3v) is 12.4. The standard InChI is InChI=1S/C60H40N2O/c1-3-17-42(18-4-1)48-23-7-8-27-54(48)60-49(43-19-5-2-6-20-43)28-16-31-57(60)61(47-37-38-53-52-26-11-14-32-58(52)63-59(53)40-47)45-35-33-41(34-36-45)44-21-15-22-46(39-44)62-55-29-12-9-24-50(55)51-25-10-13-30-56(51)62/h1-40H. The van der Waals surface area contributed by atoms with Gasteiger partial charge in [-0.25, -0.2) is 0 Å². The second kappa shape index (κ2) is 15.3. The fourth-order valence-electron chi connectivity index (χ4n) is 9.55. The Bertz CT molecular complexity index is 3570. The Labute approximate surface area is 366 Å². The molecular formula is C60H40N2O. The molecule has 2 aromatic heterocycles. The summed E-state index contributed by atoms with van der Waals surface area (Å²) in [5, 5.41) is 4.72. The second-order valence-electron chi connectivity index (χ2n) is 16.1. The molecule has 3 heteroatoms. The molecule has 0 spiro atoms. The third kappa shape index (κ3) is 6.29. The Kier molecular flexibility index (Phi) is 8.83. The van der Waals surface area contributed by atoms with Crippen molar-refractivity contribution in [3.8, 4) is 50.2 Å². The lowest BCUT2D eigenvalue weighted by atomic mass is 9.87. The fraction of sp³-hybridized carbons (Fsp3) is 0. The van der Waals surface area contributed by atoms with Gasteiger partial charge >= 0.3 is 0 Å². The summed E-state index contributed by atoms with van der Waals surface area (Å²) in [5.74, 6) is 0. The first-order chi connectivity index (χ1) is 31.3. The molecule has 0 aliphatic rings. The molecule has 0 saturated carbocycles. The Hall–Kier alpha value is -8.40. The summed E-state index contributed by atoms with van der Waals surface area (Å²) in [6.07, 6.45) is 0. The largest absolute Gasteiger partial charge is 0.456 e. The van der Waals surface area contributed by atoms with Gasteiger partial charge < -0.3 is 13.9 Å². The summed E-state index contributed by atoms with van der Waals surface area (Å²) in [4.78, 5) is 2.40. The van der Waals surface area contributed by atoms with Gasteiger partial charge in [-0.3, -0.25) is 0 Å². The highest BCUT2D eigenvalue weighted by molar-refractivity contribution is 6.10. The van der Waals surface area contributed by atoms with Gasteiger partial charge in [0, 0.05) is 50.2 Å². The van der Waals surface area contributed by atoms with Gasteiger partial charge in [0.25, 0.3) is 0 Å². The summed E-state index contributed by atoms with van der Waals surface area (Å²) >= 11 is 0. The van der Waals surface area contributed by atoms with Crippen molar-refractivity contribution >= 4 is 60.8 Å². The minimum absolute atomic E-state index is 0.850. The van der Waals surface area contributed by atoms with E-state index >= 15 is 0 Å². The van der Waals surface area contributed by atoms with Crippen molar-refractivity contribution in [2.75, 3.05) is 4.90 Å². The Morgan fingerprint density at radius 2 is 0.857 bits per heavy atom. The molecule has 10 aromatic carbocycles. The quantitative estimate of drug-likeness (QED) is 0.153. The highest BCUT2D eigenvalue weighted by Gasteiger charge is 2.24. The van der Waals surface area contributed by atoms with Crippen LogP contribution in [-0.2, 0) is 0 Å². The number of rotatable bonds is 8. The van der Waals surface area contributed by atoms with Crippen LogP contribution in [-0.4, -0.2) is 4.57 Å². The zero-order chi connectivity index (χ0) is 41.7. The molecule has 296 valence electrons. The summed E-state index contributed by atoms with van der Waals surface area (Å²) in [6, 6.07) is 87.2. The molecule has 0 bridgehead atoms. The van der Waals surface area contributed by atoms with Crippen LogP contribution in [0.4, 0.5) is 17.1 Å². The van der Waals surface area contributed by atoms with E-state index in [0.717, 1.165) is 78.1 Å². The van der Waals surface area contributed by atoms with Crippen LogP contribution >= 0.6 is 0 Å². The summed E-state index contributed by atoms with van der Waals surface area (Å²) in [6.45, 7) is 0. The number of furan rings is 1. The van der Waals surface area contributed by atoms with Crippen LogP contribution in [0, 0.1) is 0 Å². The lowest BCUT2D eigenvalue weighted by molar-refractivity contribution is 0.669. The monoisotopic (exact) mass is 804 g/mol. The zero-order valence-electron chi connectivity index (χ0n) is 34.4. The van der Waals surface area contributed by atoms with Crippen LogP contribution in [0.25, 0.3) is 93.9 Å². The van der Waals surface area contributed by atoms with E-state index in [1.54, 1.807) is 0 Å². The van der Waals surface area contributed by atoms with Crippen molar-refractivity contribution in [1.29, 1.82) is 0 Å². The molecule has 63 heavy (non-hydrogen) atoms. The Balaban J connectivity index is 1.05. The molecule has 0 atom stereocenters. The van der Waals surface area contributed by atoms with Gasteiger partial charge in [-0.15, -0.1) is 0 Å². The van der Waals surface area contributed by atoms with Crippen LogP contribution in [0.5, 0.6) is 0 Å². The molecule has 3 nitrogen and oxygen atoms in total. The van der Waals surface area contributed by atoms with E-state index < -0.39 is 0 Å². The predicted molar refractivity (Wildman–Crippen MR) is 264 cm³/mol. The topological polar surface area (TPSA) is 21.3 Å². The molecule has 0 radical (unpaired) electrons. The lowest BCUT2D eigenvalue weighted by Crippen LogP contribution is -2.12. The van der Waals surface area contributed by atoms with Crippen molar-refractivity contribution < 1.29 is 4.42 Å². The SMILES string of the molecule is c1ccc(-c2ccccc2-c2c(-c3ccccc3)cccc2N(c2ccc(-c3cccc(-n4c5ccccc5c5ccccc54)c3)cc2)c2ccc3c(c2)oc2ccccc23)cc1. The van der Waals surface area contributed by atoms with E-state index in [1.807, 2.05) is 12.1 Å². The van der Waals surface area contributed by atoms with Crippen LogP contribution in [0.15, 0.2) is 247 Å². The van der Waals surface area contributed by atoms with Gasteiger partial charge in [-0.2, -0.15) is 0 Å². The molecule has 0 amide bonds. The van der Waals surface area contributed by atoms with Crippen LogP contribution < -0.4 is 4.90 Å². The molecule has 0 unspecified atom stereocenters. The average Bonchev–Trinajstić information content (AvgIpc) is 3.90.